The minimum atomic E-state index is -0.980. The fourth-order valence-corrected chi connectivity index (χ4v) is 2.18. The first-order valence-electron chi connectivity index (χ1n) is 4.54. The van der Waals surface area contributed by atoms with E-state index in [2.05, 4.69) is 9.97 Å². The lowest BCUT2D eigenvalue weighted by Crippen LogP contribution is -2.00. The van der Waals surface area contributed by atoms with E-state index in [1.54, 1.807) is 5.38 Å². The van der Waals surface area contributed by atoms with Crippen molar-refractivity contribution in [3.8, 4) is 10.7 Å². The number of carboxylic acids is 1. The Labute approximate surface area is 105 Å². The Morgan fingerprint density at radius 2 is 2.35 bits per heavy atom. The van der Waals surface area contributed by atoms with Crippen LogP contribution in [0.3, 0.4) is 0 Å². The number of aromatic nitrogens is 2. The first kappa shape index (κ1) is 11.9. The van der Waals surface area contributed by atoms with Crippen molar-refractivity contribution in [3.63, 3.8) is 0 Å². The monoisotopic (exact) mass is 272 g/mol. The quantitative estimate of drug-likeness (QED) is 0.933. The molecule has 0 saturated heterocycles. The average molecular weight is 273 g/mol. The fraction of sp³-hybridized carbons (Fsp3) is 0.100. The molecule has 0 radical (unpaired) electrons. The predicted octanol–water partition coefficient (Wildman–Crippen LogP) is 2.62. The highest BCUT2D eigenvalue weighted by Gasteiger charge is 2.13. The highest BCUT2D eigenvalue weighted by molar-refractivity contribution is 7.13. The number of hydrogen-bond donors (Lipinski definition) is 1. The zero-order valence-electron chi connectivity index (χ0n) is 8.35. The highest BCUT2D eigenvalue weighted by Crippen LogP contribution is 2.25. The summed E-state index contributed by atoms with van der Waals surface area (Å²) in [4.78, 5) is 18.3. The maximum absolute atomic E-state index is 13.5. The van der Waals surface area contributed by atoms with Gasteiger partial charge in [0.1, 0.15) is 10.7 Å². The summed E-state index contributed by atoms with van der Waals surface area (Å²) >= 11 is 6.73. The second-order valence-electron chi connectivity index (χ2n) is 3.20. The van der Waals surface area contributed by atoms with Crippen molar-refractivity contribution in [2.24, 2.45) is 0 Å². The molecule has 0 saturated carbocycles. The summed E-state index contributed by atoms with van der Waals surface area (Å²) in [5.74, 6) is -1.56. The molecule has 7 heteroatoms. The predicted molar refractivity (Wildman–Crippen MR) is 61.7 cm³/mol. The number of pyridine rings is 1. The third kappa shape index (κ3) is 2.78. The van der Waals surface area contributed by atoms with E-state index < -0.39 is 11.8 Å². The lowest BCUT2D eigenvalue weighted by molar-refractivity contribution is -0.136. The van der Waals surface area contributed by atoms with Gasteiger partial charge in [-0.3, -0.25) is 4.79 Å². The maximum atomic E-state index is 13.5. The number of thiazole rings is 1. The van der Waals surface area contributed by atoms with E-state index in [0.29, 0.717) is 10.7 Å². The summed E-state index contributed by atoms with van der Waals surface area (Å²) in [6, 6.07) is 1.14. The second kappa shape index (κ2) is 4.77. The van der Waals surface area contributed by atoms with Crippen LogP contribution in [0.2, 0.25) is 5.02 Å². The van der Waals surface area contributed by atoms with Crippen molar-refractivity contribution in [2.75, 3.05) is 0 Å². The SMILES string of the molecule is O=C(O)Cc1csc(-c2ncc(Cl)cc2F)n1. The molecule has 2 heterocycles. The summed E-state index contributed by atoms with van der Waals surface area (Å²) in [6.07, 6.45) is 1.13. The van der Waals surface area contributed by atoms with E-state index in [-0.39, 0.29) is 17.1 Å². The van der Waals surface area contributed by atoms with Crippen molar-refractivity contribution >= 4 is 28.9 Å². The summed E-state index contributed by atoms with van der Waals surface area (Å²) in [6.45, 7) is 0. The van der Waals surface area contributed by atoms with Crippen molar-refractivity contribution in [3.05, 3.63) is 34.2 Å². The standard InChI is InChI=1S/C10H6ClFN2O2S/c11-5-1-7(12)9(13-3-5)10-14-6(4-17-10)2-8(15)16/h1,3-4H,2H2,(H,15,16). The van der Waals surface area contributed by atoms with Crippen LogP contribution in [0.15, 0.2) is 17.6 Å². The van der Waals surface area contributed by atoms with Gasteiger partial charge in [-0.1, -0.05) is 11.6 Å². The largest absolute Gasteiger partial charge is 0.481 e. The Morgan fingerprint density at radius 1 is 1.59 bits per heavy atom. The van der Waals surface area contributed by atoms with Crippen LogP contribution >= 0.6 is 22.9 Å². The Morgan fingerprint density at radius 3 is 3.00 bits per heavy atom. The Bertz CT molecular complexity index is 573. The molecule has 2 rings (SSSR count). The number of rotatable bonds is 3. The number of nitrogens with zero attached hydrogens (tertiary/aromatic N) is 2. The van der Waals surface area contributed by atoms with Gasteiger partial charge in [0.25, 0.3) is 0 Å². The normalized spacial score (nSPS) is 10.5. The van der Waals surface area contributed by atoms with E-state index >= 15 is 0 Å². The van der Waals surface area contributed by atoms with Crippen LogP contribution in [0.25, 0.3) is 10.7 Å². The van der Waals surface area contributed by atoms with Gasteiger partial charge in [-0.05, 0) is 6.07 Å². The summed E-state index contributed by atoms with van der Waals surface area (Å²) in [7, 11) is 0. The summed E-state index contributed by atoms with van der Waals surface area (Å²) in [5.41, 5.74) is 0.463. The first-order chi connectivity index (χ1) is 8.06. The zero-order chi connectivity index (χ0) is 12.4. The molecule has 0 bridgehead atoms. The molecule has 0 aromatic carbocycles. The molecule has 88 valence electrons. The number of carboxylic acid groups (broad SMARTS) is 1. The van der Waals surface area contributed by atoms with Gasteiger partial charge in [-0.2, -0.15) is 0 Å². The van der Waals surface area contributed by atoms with Gasteiger partial charge in [-0.25, -0.2) is 14.4 Å². The summed E-state index contributed by atoms with van der Waals surface area (Å²) in [5, 5.41) is 10.7. The number of carbonyl (C=O) groups is 1. The van der Waals surface area contributed by atoms with E-state index in [0.717, 1.165) is 17.4 Å². The molecule has 0 aliphatic heterocycles. The van der Waals surface area contributed by atoms with Crippen molar-refractivity contribution in [2.45, 2.75) is 6.42 Å². The lowest BCUT2D eigenvalue weighted by atomic mass is 10.3. The first-order valence-corrected chi connectivity index (χ1v) is 5.79. The van der Waals surface area contributed by atoms with E-state index in [1.807, 2.05) is 0 Å². The van der Waals surface area contributed by atoms with Crippen molar-refractivity contribution < 1.29 is 14.3 Å². The van der Waals surface area contributed by atoms with Crippen LogP contribution in [0.4, 0.5) is 4.39 Å². The van der Waals surface area contributed by atoms with Gasteiger partial charge in [0.2, 0.25) is 0 Å². The Kier molecular flexibility index (Phi) is 3.35. The third-order valence-corrected chi connectivity index (χ3v) is 3.00. The molecular weight excluding hydrogens is 267 g/mol. The highest BCUT2D eigenvalue weighted by atomic mass is 35.5. The van der Waals surface area contributed by atoms with Crippen LogP contribution in [0, 0.1) is 5.82 Å². The number of halogens is 2. The Hall–Kier alpha value is -1.53. The van der Waals surface area contributed by atoms with Gasteiger partial charge in [-0.15, -0.1) is 11.3 Å². The van der Waals surface area contributed by atoms with Gasteiger partial charge >= 0.3 is 5.97 Å². The molecule has 0 spiro atoms. The molecular formula is C10H6ClFN2O2S. The van der Waals surface area contributed by atoms with Crippen molar-refractivity contribution in [1.82, 2.24) is 9.97 Å². The minimum absolute atomic E-state index is 0.0797. The Balaban J connectivity index is 2.33. The smallest absolute Gasteiger partial charge is 0.309 e. The molecule has 0 fully saturated rings. The molecule has 2 aromatic heterocycles. The minimum Gasteiger partial charge on any atom is -0.481 e. The molecule has 0 unspecified atom stereocenters. The molecule has 1 N–H and O–H groups in total. The van der Waals surface area contributed by atoms with Gasteiger partial charge in [0.05, 0.1) is 17.1 Å². The second-order valence-corrected chi connectivity index (χ2v) is 4.49. The number of aliphatic carboxylic acids is 1. The molecule has 2 aromatic rings. The molecule has 0 aliphatic rings. The topological polar surface area (TPSA) is 63.1 Å². The molecule has 4 nitrogen and oxygen atoms in total. The van der Waals surface area contributed by atoms with Crippen LogP contribution in [-0.2, 0) is 11.2 Å². The lowest BCUT2D eigenvalue weighted by Gasteiger charge is -1.97. The van der Waals surface area contributed by atoms with Crippen molar-refractivity contribution in [1.29, 1.82) is 0 Å². The average Bonchev–Trinajstić information content (AvgIpc) is 2.65. The molecule has 0 aliphatic carbocycles. The third-order valence-electron chi connectivity index (χ3n) is 1.89. The van der Waals surface area contributed by atoms with Crippen LogP contribution in [0.1, 0.15) is 5.69 Å². The van der Waals surface area contributed by atoms with Gasteiger partial charge in [0, 0.05) is 11.6 Å². The number of hydrogen-bond acceptors (Lipinski definition) is 4. The fourth-order valence-electron chi connectivity index (χ4n) is 1.22. The van der Waals surface area contributed by atoms with Crippen LogP contribution in [-0.4, -0.2) is 21.0 Å². The molecule has 0 atom stereocenters. The zero-order valence-corrected chi connectivity index (χ0v) is 9.93. The van der Waals surface area contributed by atoms with Gasteiger partial charge < -0.3 is 5.11 Å². The molecule has 17 heavy (non-hydrogen) atoms. The van der Waals surface area contributed by atoms with E-state index in [9.17, 15) is 9.18 Å². The van der Waals surface area contributed by atoms with Crippen LogP contribution in [0.5, 0.6) is 0 Å². The van der Waals surface area contributed by atoms with E-state index in [4.69, 9.17) is 16.7 Å². The van der Waals surface area contributed by atoms with Gasteiger partial charge in [0.15, 0.2) is 5.82 Å². The van der Waals surface area contributed by atoms with E-state index in [1.165, 1.54) is 6.20 Å². The maximum Gasteiger partial charge on any atom is 0.309 e. The molecule has 0 amide bonds. The summed E-state index contributed by atoms with van der Waals surface area (Å²) < 4.78 is 13.5. The van der Waals surface area contributed by atoms with Crippen LogP contribution < -0.4 is 0 Å².